The largest absolute Gasteiger partial charge is 0.338 e. The van der Waals surface area contributed by atoms with Crippen molar-refractivity contribution in [2.75, 3.05) is 5.32 Å². The van der Waals surface area contributed by atoms with E-state index in [1.54, 1.807) is 47.3 Å². The number of aromatic amines is 1. The monoisotopic (exact) mass is 381 g/mol. The molecule has 0 fully saturated rings. The fourth-order valence-corrected chi connectivity index (χ4v) is 3.06. The number of carbonyl (C=O) groups is 1. The number of nitrogens with one attached hydrogen (secondary N) is 2. The number of hydrogen-bond donors (Lipinski definition) is 2. The lowest BCUT2D eigenvalue weighted by molar-refractivity contribution is -0.384. The molecule has 9 heteroatoms. The van der Waals surface area contributed by atoms with Crippen molar-refractivity contribution in [1.82, 2.24) is 14.5 Å². The summed E-state index contributed by atoms with van der Waals surface area (Å²) in [7, 11) is 0. The lowest BCUT2D eigenvalue weighted by Crippen LogP contribution is -1.97. The smallest absolute Gasteiger partial charge is 0.294 e. The number of aromatic nitrogens is 3. The third kappa shape index (κ3) is 3.02. The zero-order chi connectivity index (χ0) is 19.0. The first-order valence-electron chi connectivity index (χ1n) is 7.88. The Balaban J connectivity index is 1.78. The zero-order valence-electron chi connectivity index (χ0n) is 13.7. The lowest BCUT2D eigenvalue weighted by atomic mass is 10.2. The number of halogens is 1. The Bertz CT molecular complexity index is 1180. The molecule has 1 amide bonds. The molecule has 0 aliphatic carbocycles. The maximum Gasteiger partial charge on any atom is 0.294 e. The van der Waals surface area contributed by atoms with Crippen molar-refractivity contribution < 1.29 is 9.72 Å². The molecule has 4 aromatic rings. The minimum absolute atomic E-state index is 0.0910. The van der Waals surface area contributed by atoms with E-state index in [9.17, 15) is 14.9 Å². The van der Waals surface area contributed by atoms with Crippen LogP contribution in [0.5, 0.6) is 0 Å². The summed E-state index contributed by atoms with van der Waals surface area (Å²) >= 11 is 5.88. The van der Waals surface area contributed by atoms with Crippen LogP contribution in [0.1, 0.15) is 0 Å². The average molecular weight is 382 g/mol. The molecule has 0 saturated carbocycles. The van der Waals surface area contributed by atoms with Crippen LogP contribution in [0.3, 0.4) is 0 Å². The van der Waals surface area contributed by atoms with Crippen LogP contribution in [0.4, 0.5) is 11.4 Å². The second-order valence-electron chi connectivity index (χ2n) is 5.75. The summed E-state index contributed by atoms with van der Waals surface area (Å²) in [5.41, 5.74) is 3.04. The topological polar surface area (TPSA) is 106 Å². The van der Waals surface area contributed by atoms with Gasteiger partial charge in [-0.1, -0.05) is 17.7 Å². The van der Waals surface area contributed by atoms with Crippen molar-refractivity contribution in [2.24, 2.45) is 0 Å². The van der Waals surface area contributed by atoms with E-state index in [0.717, 1.165) is 11.1 Å². The zero-order valence-corrected chi connectivity index (χ0v) is 14.5. The van der Waals surface area contributed by atoms with Gasteiger partial charge in [-0.05, 0) is 30.3 Å². The van der Waals surface area contributed by atoms with Gasteiger partial charge in [-0.25, -0.2) is 4.98 Å². The van der Waals surface area contributed by atoms with Crippen LogP contribution in [-0.4, -0.2) is 25.9 Å². The van der Waals surface area contributed by atoms with Crippen LogP contribution in [0.2, 0.25) is 5.02 Å². The van der Waals surface area contributed by atoms with Crippen LogP contribution < -0.4 is 5.32 Å². The van der Waals surface area contributed by atoms with Crippen molar-refractivity contribution >= 4 is 40.4 Å². The third-order valence-electron chi connectivity index (χ3n) is 4.11. The number of nitro groups is 1. The van der Waals surface area contributed by atoms with E-state index in [2.05, 4.69) is 15.3 Å². The first kappa shape index (κ1) is 16.8. The Morgan fingerprint density at radius 3 is 2.89 bits per heavy atom. The number of nitrogens with zero attached hydrogens (tertiary/aromatic N) is 3. The van der Waals surface area contributed by atoms with Gasteiger partial charge in [0.25, 0.3) is 5.69 Å². The highest BCUT2D eigenvalue weighted by Crippen LogP contribution is 2.30. The van der Waals surface area contributed by atoms with E-state index in [-0.39, 0.29) is 5.69 Å². The Morgan fingerprint density at radius 2 is 2.11 bits per heavy atom. The minimum Gasteiger partial charge on any atom is -0.338 e. The van der Waals surface area contributed by atoms with Crippen LogP contribution in [0.15, 0.2) is 54.9 Å². The number of anilines is 1. The molecule has 2 aromatic carbocycles. The van der Waals surface area contributed by atoms with E-state index in [1.807, 2.05) is 6.07 Å². The Labute approximate surface area is 157 Å². The molecule has 134 valence electrons. The molecule has 2 N–H and O–H groups in total. The predicted octanol–water partition coefficient (Wildman–Crippen LogP) is 4.15. The van der Waals surface area contributed by atoms with Crippen molar-refractivity contribution in [2.45, 2.75) is 0 Å². The summed E-state index contributed by atoms with van der Waals surface area (Å²) in [5, 5.41) is 14.2. The Morgan fingerprint density at radius 1 is 1.26 bits per heavy atom. The summed E-state index contributed by atoms with van der Waals surface area (Å²) in [6, 6.07) is 11.7. The fraction of sp³-hybridized carbons (Fsp3) is 0. The molecule has 0 atom stereocenters. The van der Waals surface area contributed by atoms with Gasteiger partial charge >= 0.3 is 0 Å². The first-order chi connectivity index (χ1) is 13.1. The lowest BCUT2D eigenvalue weighted by Gasteiger charge is -2.04. The SMILES string of the molecule is O=CNc1cccc2[nH]c(-c3ccn(-c4ccc(Cl)cc4[N+](=O)[O-])c3)nc12. The van der Waals surface area contributed by atoms with Gasteiger partial charge < -0.3 is 14.9 Å². The normalized spacial score (nSPS) is 10.9. The van der Waals surface area contributed by atoms with E-state index in [4.69, 9.17) is 11.6 Å². The molecular formula is C18H12ClN5O3. The van der Waals surface area contributed by atoms with Crippen molar-refractivity contribution in [3.8, 4) is 17.1 Å². The highest BCUT2D eigenvalue weighted by molar-refractivity contribution is 6.30. The Kier molecular flexibility index (Phi) is 4.09. The molecule has 0 spiro atoms. The van der Waals surface area contributed by atoms with Gasteiger partial charge in [0.15, 0.2) is 0 Å². The predicted molar refractivity (Wildman–Crippen MR) is 102 cm³/mol. The van der Waals surface area contributed by atoms with Gasteiger partial charge in [0.2, 0.25) is 6.41 Å². The van der Waals surface area contributed by atoms with Crippen LogP contribution >= 0.6 is 11.6 Å². The molecule has 0 saturated heterocycles. The summed E-state index contributed by atoms with van der Waals surface area (Å²) in [4.78, 5) is 29.3. The van der Waals surface area contributed by atoms with E-state index < -0.39 is 4.92 Å². The summed E-state index contributed by atoms with van der Waals surface area (Å²) in [6.45, 7) is 0. The first-order valence-corrected chi connectivity index (χ1v) is 8.26. The third-order valence-corrected chi connectivity index (χ3v) is 4.34. The number of imidazole rings is 1. The summed E-state index contributed by atoms with van der Waals surface area (Å²) in [5.74, 6) is 0.584. The van der Waals surface area contributed by atoms with Gasteiger partial charge in [0.1, 0.15) is 17.0 Å². The van der Waals surface area contributed by atoms with Crippen molar-refractivity contribution in [3.05, 3.63) is 70.0 Å². The van der Waals surface area contributed by atoms with Crippen molar-refractivity contribution in [3.63, 3.8) is 0 Å². The molecule has 2 aromatic heterocycles. The van der Waals surface area contributed by atoms with Crippen LogP contribution in [-0.2, 0) is 4.79 Å². The highest BCUT2D eigenvalue weighted by Gasteiger charge is 2.17. The number of nitro benzene ring substituents is 1. The van der Waals surface area contributed by atoms with Gasteiger partial charge in [-0.3, -0.25) is 14.9 Å². The molecule has 0 bridgehead atoms. The van der Waals surface area contributed by atoms with Gasteiger partial charge in [-0.15, -0.1) is 0 Å². The second-order valence-corrected chi connectivity index (χ2v) is 6.18. The summed E-state index contributed by atoms with van der Waals surface area (Å²) in [6.07, 6.45) is 4.05. The number of H-pyrrole nitrogens is 1. The Hall–Kier alpha value is -3.65. The van der Waals surface area contributed by atoms with E-state index in [0.29, 0.717) is 34.1 Å². The molecular weight excluding hydrogens is 370 g/mol. The second kappa shape index (κ2) is 6.58. The van der Waals surface area contributed by atoms with Crippen LogP contribution in [0, 0.1) is 10.1 Å². The number of carbonyl (C=O) groups excluding carboxylic acids is 1. The molecule has 4 rings (SSSR count). The molecule has 27 heavy (non-hydrogen) atoms. The quantitative estimate of drug-likeness (QED) is 0.307. The minimum atomic E-state index is -0.473. The standard InChI is InChI=1S/C18H12ClN5O3/c19-12-4-5-15(16(8-12)24(26)27)23-7-6-11(9-23)18-21-14-3-1-2-13(20-10-25)17(14)22-18/h1-10H,(H,20,25)(H,21,22). The summed E-state index contributed by atoms with van der Waals surface area (Å²) < 4.78 is 1.64. The van der Waals surface area contributed by atoms with Gasteiger partial charge in [-0.2, -0.15) is 0 Å². The van der Waals surface area contributed by atoms with Crippen molar-refractivity contribution in [1.29, 1.82) is 0 Å². The molecule has 8 nitrogen and oxygen atoms in total. The number of amides is 1. The van der Waals surface area contributed by atoms with E-state index >= 15 is 0 Å². The number of fused-ring (bicyclic) bond motifs is 1. The number of benzene rings is 2. The highest BCUT2D eigenvalue weighted by atomic mass is 35.5. The molecule has 0 aliphatic heterocycles. The average Bonchev–Trinajstić information content (AvgIpc) is 3.29. The number of rotatable bonds is 5. The molecule has 0 unspecified atom stereocenters. The van der Waals surface area contributed by atoms with Gasteiger partial charge in [0.05, 0.1) is 16.1 Å². The number of para-hydroxylation sites is 1. The van der Waals surface area contributed by atoms with E-state index in [1.165, 1.54) is 6.07 Å². The fourth-order valence-electron chi connectivity index (χ4n) is 2.90. The molecule has 0 aliphatic rings. The number of hydrogen-bond acceptors (Lipinski definition) is 4. The maximum atomic E-state index is 11.3. The maximum absolute atomic E-state index is 11.3. The van der Waals surface area contributed by atoms with Crippen LogP contribution in [0.25, 0.3) is 28.1 Å². The molecule has 0 radical (unpaired) electrons. The van der Waals surface area contributed by atoms with Gasteiger partial charge in [0, 0.05) is 29.0 Å². The molecule has 2 heterocycles.